The van der Waals surface area contributed by atoms with E-state index in [2.05, 4.69) is 10.2 Å². The normalized spacial score (nSPS) is 27.8. The first kappa shape index (κ1) is 10.6. The molecule has 1 unspecified atom stereocenters. The third kappa shape index (κ3) is 3.04. The van der Waals surface area contributed by atoms with Crippen molar-refractivity contribution >= 4 is 23.0 Å². The van der Waals surface area contributed by atoms with Crippen molar-refractivity contribution in [3.63, 3.8) is 0 Å². The highest BCUT2D eigenvalue weighted by atomic mass is 127. The van der Waals surface area contributed by atoms with Crippen LogP contribution in [0.2, 0.25) is 0 Å². The van der Waals surface area contributed by atoms with Crippen LogP contribution in [0.25, 0.3) is 0 Å². The summed E-state index contributed by atoms with van der Waals surface area (Å²) in [5.41, 5.74) is 0.484. The van der Waals surface area contributed by atoms with Crippen LogP contribution >= 0.6 is 23.0 Å². The zero-order valence-electron chi connectivity index (χ0n) is 7.57. The van der Waals surface area contributed by atoms with Gasteiger partial charge < -0.3 is 3.07 Å². The van der Waals surface area contributed by atoms with Crippen molar-refractivity contribution in [2.75, 3.05) is 7.05 Å². The minimum Gasteiger partial charge on any atom is -0.301 e. The van der Waals surface area contributed by atoms with E-state index in [1.165, 1.54) is 0 Å². The molecular formula is C9H11IN2O. The fourth-order valence-corrected chi connectivity index (χ4v) is 1.23. The smallest absolute Gasteiger partial charge is 0.115 e. The Bertz CT molecular complexity index is 294. The fourth-order valence-electron chi connectivity index (χ4n) is 0.933. The molecule has 3 nitrogen and oxygen atoms in total. The molecule has 0 aromatic rings. The minimum absolute atomic E-state index is 0.345. The van der Waals surface area contributed by atoms with Gasteiger partial charge in [-0.3, -0.25) is 0 Å². The van der Waals surface area contributed by atoms with Crippen molar-refractivity contribution in [2.45, 2.75) is 12.5 Å². The Morgan fingerprint density at radius 1 is 1.46 bits per heavy atom. The summed E-state index contributed by atoms with van der Waals surface area (Å²) in [6.45, 7) is 1.98. The highest BCUT2D eigenvalue weighted by Gasteiger charge is 2.17. The van der Waals surface area contributed by atoms with Crippen LogP contribution in [0.5, 0.6) is 0 Å². The van der Waals surface area contributed by atoms with Crippen LogP contribution in [0.15, 0.2) is 46.3 Å². The quantitative estimate of drug-likeness (QED) is 0.568. The van der Waals surface area contributed by atoms with Crippen molar-refractivity contribution in [3.05, 3.63) is 36.1 Å². The molecule has 0 radical (unpaired) electrons. The molecule has 0 N–H and O–H groups in total. The van der Waals surface area contributed by atoms with E-state index in [-0.39, 0.29) is 5.60 Å². The van der Waals surface area contributed by atoms with E-state index in [0.717, 1.165) is 5.70 Å². The SMILES string of the molecule is CN=NC1=CC=CC(C)(OI)C=C1. The van der Waals surface area contributed by atoms with E-state index >= 15 is 0 Å². The molecule has 1 atom stereocenters. The molecule has 1 rings (SSSR count). The number of halogens is 1. The van der Waals surface area contributed by atoms with E-state index < -0.39 is 0 Å². The van der Waals surface area contributed by atoms with Gasteiger partial charge in [0.05, 0.1) is 5.70 Å². The highest BCUT2D eigenvalue weighted by molar-refractivity contribution is 14.1. The fraction of sp³-hybridized carbons (Fsp3) is 0.333. The number of hydrogen-bond acceptors (Lipinski definition) is 3. The van der Waals surface area contributed by atoms with Crippen LogP contribution < -0.4 is 0 Å². The summed E-state index contributed by atoms with van der Waals surface area (Å²) in [7, 11) is 1.65. The van der Waals surface area contributed by atoms with E-state index in [1.807, 2.05) is 60.3 Å². The highest BCUT2D eigenvalue weighted by Crippen LogP contribution is 2.21. The first-order valence-corrected chi connectivity index (χ1v) is 4.76. The van der Waals surface area contributed by atoms with Crippen LogP contribution in [-0.4, -0.2) is 12.6 Å². The molecule has 1 aliphatic carbocycles. The Morgan fingerprint density at radius 3 is 2.85 bits per heavy atom. The lowest BCUT2D eigenvalue weighted by atomic mass is 10.1. The summed E-state index contributed by atoms with van der Waals surface area (Å²) in [4.78, 5) is 0. The Morgan fingerprint density at radius 2 is 2.23 bits per heavy atom. The second-order valence-electron chi connectivity index (χ2n) is 2.84. The maximum absolute atomic E-state index is 5.28. The Balaban J connectivity index is 2.86. The molecule has 0 saturated heterocycles. The van der Waals surface area contributed by atoms with E-state index in [9.17, 15) is 0 Å². The van der Waals surface area contributed by atoms with Crippen LogP contribution in [0, 0.1) is 0 Å². The standard InChI is InChI=1S/C9H11IN2O/c1-9(13-10)6-3-4-8(5-7-9)12-11-2/h3-7H,1-2H3. The third-order valence-electron chi connectivity index (χ3n) is 1.66. The van der Waals surface area contributed by atoms with Gasteiger partial charge in [-0.1, -0.05) is 6.08 Å². The molecule has 0 aromatic carbocycles. The summed E-state index contributed by atoms with van der Waals surface area (Å²) in [6, 6.07) is 0. The average Bonchev–Trinajstić information content (AvgIpc) is 2.31. The van der Waals surface area contributed by atoms with Crippen LogP contribution in [0.3, 0.4) is 0 Å². The zero-order chi connectivity index (χ0) is 9.73. The second-order valence-corrected chi connectivity index (χ2v) is 3.29. The summed E-state index contributed by atoms with van der Waals surface area (Å²) in [6.07, 6.45) is 9.62. The van der Waals surface area contributed by atoms with Crippen LogP contribution in [0.1, 0.15) is 6.92 Å². The van der Waals surface area contributed by atoms with E-state index in [1.54, 1.807) is 7.05 Å². The van der Waals surface area contributed by atoms with Gasteiger partial charge in [0.1, 0.15) is 28.6 Å². The van der Waals surface area contributed by atoms with Crippen molar-refractivity contribution in [1.29, 1.82) is 0 Å². The summed E-state index contributed by atoms with van der Waals surface area (Å²) >= 11 is 1.89. The molecule has 0 aromatic heterocycles. The lowest BCUT2D eigenvalue weighted by Gasteiger charge is -2.16. The molecule has 13 heavy (non-hydrogen) atoms. The first-order chi connectivity index (χ1) is 6.20. The van der Waals surface area contributed by atoms with Crippen molar-refractivity contribution < 1.29 is 3.07 Å². The number of allylic oxidation sites excluding steroid dienone is 3. The maximum atomic E-state index is 5.28. The molecule has 0 saturated carbocycles. The van der Waals surface area contributed by atoms with Gasteiger partial charge in [-0.2, -0.15) is 10.2 Å². The van der Waals surface area contributed by atoms with Gasteiger partial charge in [0.25, 0.3) is 0 Å². The molecule has 4 heteroatoms. The predicted octanol–water partition coefficient (Wildman–Crippen LogP) is 3.20. The summed E-state index contributed by atoms with van der Waals surface area (Å²) in [5, 5.41) is 7.64. The molecule has 70 valence electrons. The van der Waals surface area contributed by atoms with E-state index in [4.69, 9.17) is 3.07 Å². The van der Waals surface area contributed by atoms with Gasteiger partial charge in [0.2, 0.25) is 0 Å². The van der Waals surface area contributed by atoms with Gasteiger partial charge in [-0.05, 0) is 31.2 Å². The molecule has 0 aliphatic heterocycles. The van der Waals surface area contributed by atoms with Crippen LogP contribution in [0.4, 0.5) is 0 Å². The number of hydrogen-bond donors (Lipinski definition) is 0. The largest absolute Gasteiger partial charge is 0.301 e. The van der Waals surface area contributed by atoms with E-state index in [0.29, 0.717) is 0 Å². The van der Waals surface area contributed by atoms with Gasteiger partial charge >= 0.3 is 0 Å². The first-order valence-electron chi connectivity index (χ1n) is 3.88. The van der Waals surface area contributed by atoms with Gasteiger partial charge in [-0.15, -0.1) is 0 Å². The molecule has 0 bridgehead atoms. The maximum Gasteiger partial charge on any atom is 0.115 e. The lowest BCUT2D eigenvalue weighted by Crippen LogP contribution is -2.17. The average molecular weight is 290 g/mol. The van der Waals surface area contributed by atoms with Gasteiger partial charge in [0, 0.05) is 7.05 Å². The monoisotopic (exact) mass is 290 g/mol. The molecule has 0 heterocycles. The summed E-state index contributed by atoms with van der Waals surface area (Å²) < 4.78 is 5.28. The lowest BCUT2D eigenvalue weighted by molar-refractivity contribution is 0.276. The minimum atomic E-state index is -0.345. The van der Waals surface area contributed by atoms with Crippen molar-refractivity contribution in [1.82, 2.24) is 0 Å². The zero-order valence-corrected chi connectivity index (χ0v) is 9.72. The Kier molecular flexibility index (Phi) is 3.80. The molecule has 0 amide bonds. The number of nitrogens with zero attached hydrogens (tertiary/aromatic N) is 2. The number of azo groups is 1. The number of rotatable bonds is 2. The van der Waals surface area contributed by atoms with Gasteiger partial charge in [-0.25, -0.2) is 0 Å². The van der Waals surface area contributed by atoms with Gasteiger partial charge in [0.15, 0.2) is 0 Å². The molecule has 0 spiro atoms. The Hall–Kier alpha value is -0.490. The second kappa shape index (κ2) is 4.66. The molecule has 0 fully saturated rings. The van der Waals surface area contributed by atoms with Crippen molar-refractivity contribution in [2.24, 2.45) is 10.2 Å². The predicted molar refractivity (Wildman–Crippen MR) is 60.7 cm³/mol. The Labute approximate surface area is 92.0 Å². The molecular weight excluding hydrogens is 279 g/mol. The van der Waals surface area contributed by atoms with Crippen LogP contribution in [-0.2, 0) is 3.07 Å². The molecule has 1 aliphatic rings. The summed E-state index contributed by atoms with van der Waals surface area (Å²) in [5.74, 6) is 0. The topological polar surface area (TPSA) is 34.0 Å². The van der Waals surface area contributed by atoms with Crippen molar-refractivity contribution in [3.8, 4) is 0 Å². The third-order valence-corrected chi connectivity index (χ3v) is 2.61.